The molecule has 0 spiro atoms. The Morgan fingerprint density at radius 3 is 2.67 bits per heavy atom. The molecule has 1 fully saturated rings. The second-order valence-electron chi connectivity index (χ2n) is 6.36. The van der Waals surface area contributed by atoms with Crippen molar-refractivity contribution in [1.29, 1.82) is 0 Å². The molecule has 1 aliphatic rings. The fourth-order valence-corrected chi connectivity index (χ4v) is 4.41. The van der Waals surface area contributed by atoms with Crippen LogP contribution in [0, 0.1) is 5.82 Å². The summed E-state index contributed by atoms with van der Waals surface area (Å²) < 4.78 is 19.0. The van der Waals surface area contributed by atoms with E-state index in [2.05, 4.69) is 0 Å². The van der Waals surface area contributed by atoms with E-state index in [0.29, 0.717) is 12.4 Å². The molecule has 0 aliphatic carbocycles. The number of hydrogen-bond donors (Lipinski definition) is 0. The van der Waals surface area contributed by atoms with E-state index in [9.17, 15) is 14.0 Å². The van der Waals surface area contributed by atoms with Crippen LogP contribution in [0.15, 0.2) is 54.6 Å². The third kappa shape index (κ3) is 4.50. The molecule has 3 rings (SSSR count). The second-order valence-corrected chi connectivity index (χ2v) is 7.47. The molecular weight excluding hydrogens is 365 g/mol. The van der Waals surface area contributed by atoms with Crippen LogP contribution in [0.4, 0.5) is 4.39 Å². The molecule has 1 heterocycles. The normalized spacial score (nSPS) is 19.1. The lowest BCUT2D eigenvalue weighted by Gasteiger charge is -2.28. The molecule has 27 heavy (non-hydrogen) atoms. The van der Waals surface area contributed by atoms with Gasteiger partial charge in [0.2, 0.25) is 0 Å². The van der Waals surface area contributed by atoms with Gasteiger partial charge in [0, 0.05) is 11.3 Å². The van der Waals surface area contributed by atoms with Crippen LogP contribution in [0.1, 0.15) is 41.1 Å². The number of halogens is 1. The van der Waals surface area contributed by atoms with Crippen molar-refractivity contribution in [3.8, 4) is 0 Å². The number of hydrogen-bond acceptors (Lipinski definition) is 4. The van der Waals surface area contributed by atoms with Crippen LogP contribution in [-0.4, -0.2) is 35.2 Å². The number of carbonyl (C=O) groups excluding carboxylic acids is 2. The number of ether oxygens (including phenoxy) is 1. The van der Waals surface area contributed by atoms with Crippen molar-refractivity contribution in [3.05, 3.63) is 71.5 Å². The molecule has 6 heteroatoms. The van der Waals surface area contributed by atoms with Crippen LogP contribution < -0.4 is 0 Å². The lowest BCUT2D eigenvalue weighted by atomic mass is 10.1. The van der Waals surface area contributed by atoms with Crippen LogP contribution in [0.3, 0.4) is 0 Å². The van der Waals surface area contributed by atoms with Gasteiger partial charge in [0.15, 0.2) is 0 Å². The summed E-state index contributed by atoms with van der Waals surface area (Å²) in [6, 6.07) is 14.4. The van der Waals surface area contributed by atoms with Crippen molar-refractivity contribution in [2.45, 2.75) is 31.2 Å². The van der Waals surface area contributed by atoms with Gasteiger partial charge in [-0.3, -0.25) is 4.79 Å². The molecule has 2 unspecified atom stereocenters. The first kappa shape index (κ1) is 19.4. The van der Waals surface area contributed by atoms with Crippen LogP contribution in [0.5, 0.6) is 0 Å². The molecule has 0 bridgehead atoms. The SMILES string of the molecule is CCCCOC(=O)C1CSC(c2ccccc2)N1C(=O)c1cccc(F)c1. The Morgan fingerprint density at radius 2 is 1.96 bits per heavy atom. The lowest BCUT2D eigenvalue weighted by Crippen LogP contribution is -2.44. The number of thioether (sulfide) groups is 1. The summed E-state index contributed by atoms with van der Waals surface area (Å²) in [4.78, 5) is 27.3. The Kier molecular flexibility index (Phi) is 6.50. The Labute approximate surface area is 162 Å². The van der Waals surface area contributed by atoms with Crippen molar-refractivity contribution < 1.29 is 18.7 Å². The van der Waals surface area contributed by atoms with Crippen molar-refractivity contribution >= 4 is 23.6 Å². The lowest BCUT2D eigenvalue weighted by molar-refractivity contribution is -0.148. The zero-order chi connectivity index (χ0) is 19.2. The fourth-order valence-electron chi connectivity index (χ4n) is 2.99. The van der Waals surface area contributed by atoms with Crippen molar-refractivity contribution in [3.63, 3.8) is 0 Å². The monoisotopic (exact) mass is 387 g/mol. The Hall–Kier alpha value is -2.34. The van der Waals surface area contributed by atoms with Gasteiger partial charge in [-0.15, -0.1) is 11.8 Å². The summed E-state index contributed by atoms with van der Waals surface area (Å²) in [6.45, 7) is 2.36. The van der Waals surface area contributed by atoms with Crippen LogP contribution in [-0.2, 0) is 9.53 Å². The number of esters is 1. The summed E-state index contributed by atoms with van der Waals surface area (Å²) in [5.41, 5.74) is 1.15. The van der Waals surface area contributed by atoms with Gasteiger partial charge in [-0.25, -0.2) is 9.18 Å². The first-order valence-corrected chi connectivity index (χ1v) is 10.1. The average molecular weight is 387 g/mol. The summed E-state index contributed by atoms with van der Waals surface area (Å²) in [5.74, 6) is -0.804. The van der Waals surface area contributed by atoms with E-state index in [1.165, 1.54) is 34.9 Å². The highest BCUT2D eigenvalue weighted by atomic mass is 32.2. The zero-order valence-electron chi connectivity index (χ0n) is 15.1. The van der Waals surface area contributed by atoms with Crippen LogP contribution >= 0.6 is 11.8 Å². The van der Waals surface area contributed by atoms with E-state index in [1.54, 1.807) is 6.07 Å². The minimum atomic E-state index is -0.687. The smallest absolute Gasteiger partial charge is 0.329 e. The predicted octanol–water partition coefficient (Wildman–Crippen LogP) is 4.43. The number of carbonyl (C=O) groups is 2. The first-order valence-electron chi connectivity index (χ1n) is 9.03. The third-order valence-corrected chi connectivity index (χ3v) is 5.73. The largest absolute Gasteiger partial charge is 0.464 e. The molecule has 0 radical (unpaired) electrons. The van der Waals surface area contributed by atoms with Gasteiger partial charge in [0.25, 0.3) is 5.91 Å². The van der Waals surface area contributed by atoms with E-state index in [1.807, 2.05) is 37.3 Å². The fraction of sp³-hybridized carbons (Fsp3) is 0.333. The quantitative estimate of drug-likeness (QED) is 0.544. The molecule has 4 nitrogen and oxygen atoms in total. The Bertz CT molecular complexity index is 799. The topological polar surface area (TPSA) is 46.6 Å². The molecule has 0 saturated carbocycles. The number of amides is 1. The summed E-state index contributed by atoms with van der Waals surface area (Å²) in [6.07, 6.45) is 1.71. The van der Waals surface area contributed by atoms with Crippen molar-refractivity contribution in [2.75, 3.05) is 12.4 Å². The van der Waals surface area contributed by atoms with Gasteiger partial charge in [0.05, 0.1) is 6.61 Å². The minimum absolute atomic E-state index is 0.227. The summed E-state index contributed by atoms with van der Waals surface area (Å²) in [7, 11) is 0. The molecule has 0 N–H and O–H groups in total. The molecule has 2 atom stereocenters. The standard InChI is InChI=1S/C21H22FNO3S/c1-2-3-12-26-21(25)18-14-27-20(15-8-5-4-6-9-15)23(18)19(24)16-10-7-11-17(22)13-16/h4-11,13,18,20H,2-3,12,14H2,1H3. The van der Waals surface area contributed by atoms with Crippen molar-refractivity contribution in [1.82, 2.24) is 4.90 Å². The number of rotatable bonds is 6. The van der Waals surface area contributed by atoms with E-state index >= 15 is 0 Å². The van der Waals surface area contributed by atoms with E-state index < -0.39 is 17.8 Å². The Balaban J connectivity index is 1.89. The summed E-state index contributed by atoms with van der Waals surface area (Å²) >= 11 is 1.52. The zero-order valence-corrected chi connectivity index (χ0v) is 16.0. The second kappa shape index (κ2) is 9.04. The van der Waals surface area contributed by atoms with Gasteiger partial charge >= 0.3 is 5.97 Å². The van der Waals surface area contributed by atoms with Gasteiger partial charge in [-0.1, -0.05) is 49.7 Å². The van der Waals surface area contributed by atoms with Gasteiger partial charge in [0.1, 0.15) is 17.2 Å². The molecule has 2 aromatic rings. The van der Waals surface area contributed by atoms with Crippen molar-refractivity contribution in [2.24, 2.45) is 0 Å². The maximum absolute atomic E-state index is 13.6. The third-order valence-electron chi connectivity index (χ3n) is 4.41. The molecule has 142 valence electrons. The highest BCUT2D eigenvalue weighted by Gasteiger charge is 2.43. The maximum atomic E-state index is 13.6. The highest BCUT2D eigenvalue weighted by Crippen LogP contribution is 2.42. The number of nitrogens with zero attached hydrogens (tertiary/aromatic N) is 1. The molecule has 1 amide bonds. The van der Waals surface area contributed by atoms with Crippen LogP contribution in [0.25, 0.3) is 0 Å². The Morgan fingerprint density at radius 1 is 1.19 bits per heavy atom. The maximum Gasteiger partial charge on any atom is 0.329 e. The molecule has 2 aromatic carbocycles. The van der Waals surface area contributed by atoms with E-state index in [-0.39, 0.29) is 16.8 Å². The van der Waals surface area contributed by atoms with Gasteiger partial charge in [-0.2, -0.15) is 0 Å². The number of unbranched alkanes of at least 4 members (excludes halogenated alkanes) is 1. The molecule has 1 aliphatic heterocycles. The van der Waals surface area contributed by atoms with E-state index in [4.69, 9.17) is 4.74 Å². The van der Waals surface area contributed by atoms with Gasteiger partial charge < -0.3 is 9.64 Å². The minimum Gasteiger partial charge on any atom is -0.464 e. The van der Waals surface area contributed by atoms with Crippen LogP contribution in [0.2, 0.25) is 0 Å². The average Bonchev–Trinajstić information content (AvgIpc) is 3.13. The molecule has 0 aromatic heterocycles. The van der Waals surface area contributed by atoms with Gasteiger partial charge in [-0.05, 0) is 30.2 Å². The number of benzene rings is 2. The predicted molar refractivity (Wildman–Crippen MR) is 104 cm³/mol. The molecule has 1 saturated heterocycles. The summed E-state index contributed by atoms with van der Waals surface area (Å²) in [5, 5.41) is -0.314. The first-order chi connectivity index (χ1) is 13.1. The molecular formula is C21H22FNO3S. The highest BCUT2D eigenvalue weighted by molar-refractivity contribution is 7.99. The van der Waals surface area contributed by atoms with E-state index in [0.717, 1.165) is 18.4 Å².